The van der Waals surface area contributed by atoms with E-state index in [4.69, 9.17) is 4.74 Å². The van der Waals surface area contributed by atoms with Crippen LogP contribution in [0.25, 0.3) is 0 Å². The molecule has 2 aliphatic rings. The zero-order valence-corrected chi connectivity index (χ0v) is 17.5. The van der Waals surface area contributed by atoms with Crippen LogP contribution in [0.5, 0.6) is 5.75 Å². The lowest BCUT2D eigenvalue weighted by molar-refractivity contribution is -0.130. The molecule has 1 fully saturated rings. The molecule has 0 radical (unpaired) electrons. The number of benzene rings is 1. The summed E-state index contributed by atoms with van der Waals surface area (Å²) < 4.78 is 8.09. The second kappa shape index (κ2) is 8.41. The van der Waals surface area contributed by atoms with Crippen molar-refractivity contribution in [3.8, 4) is 5.75 Å². The number of aryl methyl sites for hydroxylation is 2. The van der Waals surface area contributed by atoms with Gasteiger partial charge in [0.1, 0.15) is 17.2 Å². The SMILES string of the molecule is CCN1CC[C@]2(CCC1=O)C[C@@H](NC(=O)CCn1nnnc1C)c1ccccc1O2. The highest BCUT2D eigenvalue weighted by atomic mass is 16.5. The summed E-state index contributed by atoms with van der Waals surface area (Å²) in [5.74, 6) is 1.60. The van der Waals surface area contributed by atoms with E-state index >= 15 is 0 Å². The lowest BCUT2D eigenvalue weighted by Gasteiger charge is -2.42. The van der Waals surface area contributed by atoms with E-state index in [2.05, 4.69) is 20.8 Å². The van der Waals surface area contributed by atoms with E-state index in [1.807, 2.05) is 43.0 Å². The van der Waals surface area contributed by atoms with Gasteiger partial charge in [0.2, 0.25) is 11.8 Å². The van der Waals surface area contributed by atoms with Gasteiger partial charge in [-0.25, -0.2) is 4.68 Å². The van der Waals surface area contributed by atoms with Gasteiger partial charge in [-0.15, -0.1) is 5.10 Å². The second-order valence-corrected chi connectivity index (χ2v) is 8.07. The molecule has 9 nitrogen and oxygen atoms in total. The first kappa shape index (κ1) is 20.3. The first-order valence-electron chi connectivity index (χ1n) is 10.6. The van der Waals surface area contributed by atoms with Crippen molar-refractivity contribution < 1.29 is 14.3 Å². The summed E-state index contributed by atoms with van der Waals surface area (Å²) in [4.78, 5) is 27.0. The van der Waals surface area contributed by atoms with E-state index in [9.17, 15) is 9.59 Å². The highest BCUT2D eigenvalue weighted by Gasteiger charge is 2.43. The van der Waals surface area contributed by atoms with Crippen molar-refractivity contribution in [2.24, 2.45) is 0 Å². The smallest absolute Gasteiger partial charge is 0.222 e. The highest BCUT2D eigenvalue weighted by molar-refractivity contribution is 5.77. The summed E-state index contributed by atoms with van der Waals surface area (Å²) in [5.41, 5.74) is 0.538. The van der Waals surface area contributed by atoms with Crippen LogP contribution in [0.2, 0.25) is 0 Å². The van der Waals surface area contributed by atoms with Gasteiger partial charge < -0.3 is 15.0 Å². The minimum Gasteiger partial charge on any atom is -0.487 e. The number of tetrazole rings is 1. The average Bonchev–Trinajstić information content (AvgIpc) is 3.09. The van der Waals surface area contributed by atoms with Crippen molar-refractivity contribution in [2.75, 3.05) is 13.1 Å². The Labute approximate surface area is 175 Å². The molecule has 0 aliphatic carbocycles. The fourth-order valence-electron chi connectivity index (χ4n) is 4.40. The van der Waals surface area contributed by atoms with Gasteiger partial charge in [0, 0.05) is 44.3 Å². The normalized spacial score (nSPS) is 23.6. The monoisotopic (exact) mass is 412 g/mol. The number of carbonyl (C=O) groups is 2. The summed E-state index contributed by atoms with van der Waals surface area (Å²) in [6, 6.07) is 7.69. The topological polar surface area (TPSA) is 102 Å². The first-order valence-corrected chi connectivity index (χ1v) is 10.6. The lowest BCUT2D eigenvalue weighted by Crippen LogP contribution is -2.46. The molecule has 30 heavy (non-hydrogen) atoms. The second-order valence-electron chi connectivity index (χ2n) is 8.07. The third-order valence-corrected chi connectivity index (χ3v) is 6.16. The Kier molecular flexibility index (Phi) is 5.69. The molecular formula is C21H28N6O3. The van der Waals surface area contributed by atoms with Crippen molar-refractivity contribution in [1.82, 2.24) is 30.4 Å². The number of hydrogen-bond donors (Lipinski definition) is 1. The lowest BCUT2D eigenvalue weighted by atomic mass is 9.82. The number of nitrogens with one attached hydrogen (secondary N) is 1. The van der Waals surface area contributed by atoms with Crippen molar-refractivity contribution in [3.63, 3.8) is 0 Å². The van der Waals surface area contributed by atoms with Crippen LogP contribution >= 0.6 is 0 Å². The van der Waals surface area contributed by atoms with Gasteiger partial charge in [0.25, 0.3) is 0 Å². The van der Waals surface area contributed by atoms with E-state index in [0.717, 1.165) is 17.7 Å². The Morgan fingerprint density at radius 2 is 2.17 bits per heavy atom. The summed E-state index contributed by atoms with van der Waals surface area (Å²) in [7, 11) is 0. The highest BCUT2D eigenvalue weighted by Crippen LogP contribution is 2.44. The number of para-hydroxylation sites is 1. The van der Waals surface area contributed by atoms with Gasteiger partial charge in [-0.1, -0.05) is 18.2 Å². The predicted molar refractivity (Wildman–Crippen MR) is 109 cm³/mol. The van der Waals surface area contributed by atoms with Crippen LogP contribution in [0.3, 0.4) is 0 Å². The van der Waals surface area contributed by atoms with E-state index in [-0.39, 0.29) is 17.9 Å². The number of likely N-dealkylation sites (tertiary alicyclic amines) is 1. The van der Waals surface area contributed by atoms with Gasteiger partial charge in [-0.3, -0.25) is 9.59 Å². The fourth-order valence-corrected chi connectivity index (χ4v) is 4.40. The quantitative estimate of drug-likeness (QED) is 0.803. The minimum absolute atomic E-state index is 0.0540. The van der Waals surface area contributed by atoms with Crippen molar-refractivity contribution in [3.05, 3.63) is 35.7 Å². The van der Waals surface area contributed by atoms with Crippen LogP contribution in [-0.4, -0.2) is 55.6 Å². The van der Waals surface area contributed by atoms with Gasteiger partial charge in [-0.2, -0.15) is 0 Å². The standard InChI is InChI=1S/C21H28N6O3/c1-3-26-13-11-21(10-8-20(26)29)14-17(16-6-4-5-7-18(16)30-21)22-19(28)9-12-27-15(2)23-24-25-27/h4-7,17H,3,8-14H2,1-2H3,(H,22,28)/t17-,21-/m1/s1. The molecule has 2 atom stereocenters. The molecule has 0 saturated carbocycles. The first-order chi connectivity index (χ1) is 14.5. The van der Waals surface area contributed by atoms with E-state index in [0.29, 0.717) is 51.1 Å². The Balaban J connectivity index is 1.49. The maximum atomic E-state index is 12.7. The molecule has 0 unspecified atom stereocenters. The maximum absolute atomic E-state index is 12.7. The van der Waals surface area contributed by atoms with Crippen LogP contribution in [0, 0.1) is 6.92 Å². The summed E-state index contributed by atoms with van der Waals surface area (Å²) >= 11 is 0. The molecule has 1 aromatic heterocycles. The van der Waals surface area contributed by atoms with Crippen molar-refractivity contribution in [2.45, 2.75) is 64.1 Å². The largest absolute Gasteiger partial charge is 0.487 e. The number of nitrogens with zero attached hydrogens (tertiary/aromatic N) is 5. The average molecular weight is 412 g/mol. The predicted octanol–water partition coefficient (Wildman–Crippen LogP) is 1.78. The van der Waals surface area contributed by atoms with Crippen LogP contribution in [0.15, 0.2) is 24.3 Å². The molecule has 4 rings (SSSR count). The van der Waals surface area contributed by atoms with Gasteiger partial charge >= 0.3 is 0 Å². The Morgan fingerprint density at radius 3 is 2.93 bits per heavy atom. The minimum atomic E-state index is -0.446. The third-order valence-electron chi connectivity index (χ3n) is 6.16. The van der Waals surface area contributed by atoms with E-state index < -0.39 is 5.60 Å². The molecule has 3 heterocycles. The van der Waals surface area contributed by atoms with Crippen LogP contribution < -0.4 is 10.1 Å². The third kappa shape index (κ3) is 4.15. The molecule has 0 bridgehead atoms. The molecule has 2 aromatic rings. The molecular weight excluding hydrogens is 384 g/mol. The van der Waals surface area contributed by atoms with Gasteiger partial charge in [0.05, 0.1) is 12.6 Å². The molecule has 2 aliphatic heterocycles. The van der Waals surface area contributed by atoms with E-state index in [1.165, 1.54) is 0 Å². The number of ether oxygens (including phenoxy) is 1. The molecule has 1 saturated heterocycles. The molecule has 1 spiro atoms. The molecule has 160 valence electrons. The number of amides is 2. The zero-order valence-electron chi connectivity index (χ0n) is 17.5. The Hall–Kier alpha value is -2.97. The molecule has 1 aromatic carbocycles. The Bertz CT molecular complexity index is 929. The van der Waals surface area contributed by atoms with Crippen molar-refractivity contribution in [1.29, 1.82) is 0 Å². The number of rotatable bonds is 5. The summed E-state index contributed by atoms with van der Waals surface area (Å²) in [6.07, 6.45) is 2.84. The maximum Gasteiger partial charge on any atom is 0.222 e. The van der Waals surface area contributed by atoms with Gasteiger partial charge in [-0.05, 0) is 36.8 Å². The van der Waals surface area contributed by atoms with Crippen LogP contribution in [0.1, 0.15) is 56.5 Å². The number of aromatic nitrogens is 4. The molecule has 9 heteroatoms. The zero-order chi connectivity index (χ0) is 21.1. The number of hydrogen-bond acceptors (Lipinski definition) is 6. The van der Waals surface area contributed by atoms with E-state index in [1.54, 1.807) is 4.68 Å². The summed E-state index contributed by atoms with van der Waals surface area (Å²) in [5, 5.41) is 14.5. The summed E-state index contributed by atoms with van der Waals surface area (Å²) in [6.45, 7) is 5.63. The fraction of sp³-hybridized carbons (Fsp3) is 0.571. The number of fused-ring (bicyclic) bond motifs is 1. The number of carbonyl (C=O) groups excluding carboxylic acids is 2. The van der Waals surface area contributed by atoms with Crippen LogP contribution in [0.4, 0.5) is 0 Å². The van der Waals surface area contributed by atoms with Crippen molar-refractivity contribution >= 4 is 11.8 Å². The van der Waals surface area contributed by atoms with Crippen LogP contribution in [-0.2, 0) is 16.1 Å². The molecule has 1 N–H and O–H groups in total. The molecule has 2 amide bonds. The van der Waals surface area contributed by atoms with Gasteiger partial charge in [0.15, 0.2) is 0 Å². The Morgan fingerprint density at radius 1 is 1.33 bits per heavy atom.